The predicted octanol–water partition coefficient (Wildman–Crippen LogP) is 2.45. The Morgan fingerprint density at radius 1 is 1.24 bits per heavy atom. The van der Waals surface area contributed by atoms with E-state index in [1.54, 1.807) is 24.4 Å². The van der Waals surface area contributed by atoms with E-state index >= 15 is 0 Å². The molecule has 5 nitrogen and oxygen atoms in total. The summed E-state index contributed by atoms with van der Waals surface area (Å²) in [5.74, 6) is -1.41. The first kappa shape index (κ1) is 15.5. The number of aryl methyl sites for hydroxylation is 1. The van der Waals surface area contributed by atoms with Crippen molar-refractivity contribution >= 4 is 27.4 Å². The highest BCUT2D eigenvalue weighted by Gasteiger charge is 2.18. The summed E-state index contributed by atoms with van der Waals surface area (Å²) in [6, 6.07) is 8.93. The van der Waals surface area contributed by atoms with Crippen molar-refractivity contribution in [2.45, 2.75) is 11.3 Å². The van der Waals surface area contributed by atoms with Crippen LogP contribution in [0.2, 0.25) is 5.02 Å². The molecule has 2 aromatic rings. The van der Waals surface area contributed by atoms with Crippen LogP contribution in [0.4, 0.5) is 0 Å². The standard InChI is InChI=1S/C14H12ClNO4S/c15-13-5-4-11(9-12(13)14(17)18)21(19,20)8-6-10-3-1-2-7-16-10/h1-5,7,9H,6,8H2,(H,17,18). The molecule has 1 N–H and O–H groups in total. The van der Waals surface area contributed by atoms with Crippen LogP contribution in [-0.4, -0.2) is 30.2 Å². The molecule has 0 saturated carbocycles. The average molecular weight is 326 g/mol. The SMILES string of the molecule is O=C(O)c1cc(S(=O)(=O)CCc2ccccn2)ccc1Cl. The van der Waals surface area contributed by atoms with Gasteiger partial charge in [0.15, 0.2) is 9.84 Å². The maximum atomic E-state index is 12.2. The number of rotatable bonds is 5. The number of hydrogen-bond donors (Lipinski definition) is 1. The molecule has 0 unspecified atom stereocenters. The van der Waals surface area contributed by atoms with Crippen LogP contribution >= 0.6 is 11.6 Å². The molecule has 0 bridgehead atoms. The lowest BCUT2D eigenvalue weighted by Gasteiger charge is -2.06. The molecule has 0 radical (unpaired) electrons. The number of benzene rings is 1. The summed E-state index contributed by atoms with van der Waals surface area (Å²) in [4.78, 5) is 15.0. The molecule has 2 rings (SSSR count). The maximum Gasteiger partial charge on any atom is 0.337 e. The molecule has 0 amide bonds. The average Bonchev–Trinajstić information content (AvgIpc) is 2.46. The highest BCUT2D eigenvalue weighted by atomic mass is 35.5. The first-order chi connectivity index (χ1) is 9.90. The Bertz CT molecular complexity index is 760. The molecule has 0 spiro atoms. The molecule has 0 aliphatic rings. The van der Waals surface area contributed by atoms with Gasteiger partial charge < -0.3 is 5.11 Å². The number of hydrogen-bond acceptors (Lipinski definition) is 4. The Hall–Kier alpha value is -1.92. The summed E-state index contributed by atoms with van der Waals surface area (Å²) in [5, 5.41) is 8.98. The van der Waals surface area contributed by atoms with Crippen LogP contribution in [0.15, 0.2) is 47.5 Å². The van der Waals surface area contributed by atoms with Gasteiger partial charge in [0.25, 0.3) is 0 Å². The Labute approximate surface area is 127 Å². The number of aromatic nitrogens is 1. The van der Waals surface area contributed by atoms with Crippen LogP contribution in [0.3, 0.4) is 0 Å². The lowest BCUT2D eigenvalue weighted by molar-refractivity contribution is 0.0697. The van der Waals surface area contributed by atoms with Gasteiger partial charge in [0.1, 0.15) is 0 Å². The number of halogens is 1. The molecule has 1 aromatic heterocycles. The second-order valence-electron chi connectivity index (χ2n) is 4.34. The van der Waals surface area contributed by atoms with Gasteiger partial charge in [-0.2, -0.15) is 0 Å². The van der Waals surface area contributed by atoms with Crippen molar-refractivity contribution in [2.24, 2.45) is 0 Å². The Kier molecular flexibility index (Phi) is 4.59. The Balaban J connectivity index is 2.24. The van der Waals surface area contributed by atoms with Crippen molar-refractivity contribution < 1.29 is 18.3 Å². The van der Waals surface area contributed by atoms with Crippen molar-refractivity contribution in [3.63, 3.8) is 0 Å². The van der Waals surface area contributed by atoms with Crippen LogP contribution in [0.1, 0.15) is 16.1 Å². The van der Waals surface area contributed by atoms with Crippen molar-refractivity contribution in [3.8, 4) is 0 Å². The second kappa shape index (κ2) is 6.24. The maximum absolute atomic E-state index is 12.2. The quantitative estimate of drug-likeness (QED) is 0.912. The minimum Gasteiger partial charge on any atom is -0.478 e. The van der Waals surface area contributed by atoms with E-state index in [0.29, 0.717) is 5.69 Å². The van der Waals surface area contributed by atoms with E-state index in [2.05, 4.69) is 4.98 Å². The van der Waals surface area contributed by atoms with Crippen LogP contribution in [0.5, 0.6) is 0 Å². The molecule has 0 aliphatic carbocycles. The van der Waals surface area contributed by atoms with Gasteiger partial charge in [0, 0.05) is 18.3 Å². The van der Waals surface area contributed by atoms with Gasteiger partial charge in [0.2, 0.25) is 0 Å². The van der Waals surface area contributed by atoms with E-state index in [1.807, 2.05) is 0 Å². The third-order valence-electron chi connectivity index (χ3n) is 2.88. The summed E-state index contributed by atoms with van der Waals surface area (Å²) in [6.45, 7) is 0. The number of nitrogens with zero attached hydrogens (tertiary/aromatic N) is 1. The molecule has 7 heteroatoms. The third-order valence-corrected chi connectivity index (χ3v) is 4.92. The number of carbonyl (C=O) groups is 1. The predicted molar refractivity (Wildman–Crippen MR) is 78.4 cm³/mol. The van der Waals surface area contributed by atoms with E-state index in [1.165, 1.54) is 12.1 Å². The summed E-state index contributed by atoms with van der Waals surface area (Å²) in [7, 11) is -3.59. The molecule has 0 fully saturated rings. The van der Waals surface area contributed by atoms with Crippen LogP contribution in [0, 0.1) is 0 Å². The fraction of sp³-hybridized carbons (Fsp3) is 0.143. The van der Waals surface area contributed by atoms with Crippen molar-refractivity contribution in [1.82, 2.24) is 4.98 Å². The van der Waals surface area contributed by atoms with Gasteiger partial charge in [-0.25, -0.2) is 13.2 Å². The van der Waals surface area contributed by atoms with Crippen molar-refractivity contribution in [3.05, 3.63) is 58.9 Å². The van der Waals surface area contributed by atoms with Crippen molar-refractivity contribution in [2.75, 3.05) is 5.75 Å². The number of pyridine rings is 1. The van der Waals surface area contributed by atoms with E-state index in [0.717, 1.165) is 6.07 Å². The minimum absolute atomic E-state index is 0.00572. The van der Waals surface area contributed by atoms with Gasteiger partial charge >= 0.3 is 5.97 Å². The summed E-state index contributed by atoms with van der Waals surface area (Å²) >= 11 is 5.73. The molecular weight excluding hydrogens is 314 g/mol. The summed E-state index contributed by atoms with van der Waals surface area (Å²) in [6.07, 6.45) is 1.85. The molecular formula is C14H12ClNO4S. The number of aromatic carboxylic acids is 1. The molecule has 1 heterocycles. The minimum atomic E-state index is -3.59. The summed E-state index contributed by atoms with van der Waals surface area (Å²) in [5.41, 5.74) is 0.434. The largest absolute Gasteiger partial charge is 0.478 e. The fourth-order valence-electron chi connectivity index (χ4n) is 1.76. The van der Waals surface area contributed by atoms with Gasteiger partial charge in [0.05, 0.1) is 21.2 Å². The molecule has 0 saturated heterocycles. The highest BCUT2D eigenvalue weighted by Crippen LogP contribution is 2.21. The van der Waals surface area contributed by atoms with Crippen LogP contribution < -0.4 is 0 Å². The number of carboxylic acid groups (broad SMARTS) is 1. The van der Waals surface area contributed by atoms with E-state index < -0.39 is 15.8 Å². The molecule has 1 aromatic carbocycles. The molecule has 21 heavy (non-hydrogen) atoms. The molecule has 110 valence electrons. The first-order valence-corrected chi connectivity index (χ1v) is 8.09. The first-order valence-electron chi connectivity index (χ1n) is 6.05. The Morgan fingerprint density at radius 2 is 2.00 bits per heavy atom. The number of carboxylic acids is 1. The zero-order valence-electron chi connectivity index (χ0n) is 10.9. The number of sulfone groups is 1. The zero-order valence-corrected chi connectivity index (χ0v) is 12.4. The zero-order chi connectivity index (χ0) is 15.5. The van der Waals surface area contributed by atoms with Gasteiger partial charge in [-0.1, -0.05) is 17.7 Å². The fourth-order valence-corrected chi connectivity index (χ4v) is 3.25. The molecule has 0 atom stereocenters. The monoisotopic (exact) mass is 325 g/mol. The van der Waals surface area contributed by atoms with E-state index in [4.69, 9.17) is 16.7 Å². The third kappa shape index (κ3) is 3.80. The van der Waals surface area contributed by atoms with E-state index in [9.17, 15) is 13.2 Å². The van der Waals surface area contributed by atoms with Gasteiger partial charge in [-0.05, 0) is 30.3 Å². The van der Waals surface area contributed by atoms with Crippen molar-refractivity contribution in [1.29, 1.82) is 0 Å². The topological polar surface area (TPSA) is 84.3 Å². The summed E-state index contributed by atoms with van der Waals surface area (Å²) < 4.78 is 24.5. The highest BCUT2D eigenvalue weighted by molar-refractivity contribution is 7.91. The second-order valence-corrected chi connectivity index (χ2v) is 6.85. The smallest absolute Gasteiger partial charge is 0.337 e. The lowest BCUT2D eigenvalue weighted by Crippen LogP contribution is -2.11. The van der Waals surface area contributed by atoms with Gasteiger partial charge in [-0.3, -0.25) is 4.98 Å². The van der Waals surface area contributed by atoms with Crippen LogP contribution in [-0.2, 0) is 16.3 Å². The van der Waals surface area contributed by atoms with Crippen LogP contribution in [0.25, 0.3) is 0 Å². The molecule has 0 aliphatic heterocycles. The van der Waals surface area contributed by atoms with Gasteiger partial charge in [-0.15, -0.1) is 0 Å². The normalized spacial score (nSPS) is 11.3. The lowest BCUT2D eigenvalue weighted by atomic mass is 10.2. The Morgan fingerprint density at radius 3 is 2.62 bits per heavy atom. The van der Waals surface area contributed by atoms with E-state index in [-0.39, 0.29) is 27.7 Å².